The van der Waals surface area contributed by atoms with Crippen LogP contribution in [0, 0.1) is 5.92 Å². The van der Waals surface area contributed by atoms with Gasteiger partial charge in [-0.15, -0.1) is 0 Å². The van der Waals surface area contributed by atoms with Gasteiger partial charge in [0, 0.05) is 34.5 Å². The number of rotatable bonds is 7. The van der Waals surface area contributed by atoms with Gasteiger partial charge in [0.2, 0.25) is 5.95 Å². The van der Waals surface area contributed by atoms with Crippen molar-refractivity contribution >= 4 is 33.4 Å². The van der Waals surface area contributed by atoms with Crippen molar-refractivity contribution in [3.63, 3.8) is 0 Å². The lowest BCUT2D eigenvalue weighted by molar-refractivity contribution is 0.126. The maximum atomic E-state index is 9.94. The summed E-state index contributed by atoms with van der Waals surface area (Å²) in [5, 5.41) is 17.1. The van der Waals surface area contributed by atoms with E-state index in [1.165, 1.54) is 63.7 Å². The quantitative estimate of drug-likeness (QED) is 0.405. The number of likely N-dealkylation sites (tertiary alicyclic amines) is 1. The molecule has 2 saturated carbocycles. The third-order valence-corrected chi connectivity index (χ3v) is 8.45. The Balaban J connectivity index is 1.29. The molecule has 0 amide bonds. The summed E-state index contributed by atoms with van der Waals surface area (Å²) in [4.78, 5) is 12.4. The summed E-state index contributed by atoms with van der Waals surface area (Å²) in [6.45, 7) is 3.64. The van der Waals surface area contributed by atoms with Crippen LogP contribution in [0.3, 0.4) is 0 Å². The Morgan fingerprint density at radius 1 is 1.00 bits per heavy atom. The number of halogens is 1. The molecule has 184 valence electrons. The summed E-state index contributed by atoms with van der Waals surface area (Å²) in [7, 11) is 0. The number of aromatic nitrogens is 2. The molecule has 3 aliphatic rings. The number of hydrogen-bond acceptors (Lipinski definition) is 6. The van der Waals surface area contributed by atoms with Crippen LogP contribution in [0.2, 0.25) is 0 Å². The molecule has 1 aromatic carbocycles. The summed E-state index contributed by atoms with van der Waals surface area (Å²) in [6, 6.07) is 8.44. The summed E-state index contributed by atoms with van der Waals surface area (Å²) in [5.41, 5.74) is 2.22. The fourth-order valence-corrected chi connectivity index (χ4v) is 6.36. The lowest BCUT2D eigenvalue weighted by Crippen LogP contribution is -2.36. The van der Waals surface area contributed by atoms with Crippen molar-refractivity contribution in [3.8, 4) is 0 Å². The second-order valence-electron chi connectivity index (χ2n) is 10.5. The van der Waals surface area contributed by atoms with Crippen molar-refractivity contribution in [1.82, 2.24) is 14.9 Å². The Morgan fingerprint density at radius 2 is 1.76 bits per heavy atom. The van der Waals surface area contributed by atoms with Crippen molar-refractivity contribution < 1.29 is 5.11 Å². The van der Waals surface area contributed by atoms with Crippen LogP contribution < -0.4 is 10.6 Å². The van der Waals surface area contributed by atoms with E-state index in [2.05, 4.69) is 31.5 Å². The number of nitrogens with one attached hydrogen (secondary N) is 2. The minimum atomic E-state index is -0.152. The molecule has 2 aliphatic carbocycles. The number of hydrogen-bond donors (Lipinski definition) is 3. The molecule has 2 heterocycles. The van der Waals surface area contributed by atoms with Gasteiger partial charge in [-0.2, -0.15) is 4.98 Å². The molecule has 0 bridgehead atoms. The summed E-state index contributed by atoms with van der Waals surface area (Å²) in [5.74, 6) is 3.01. The molecule has 5 rings (SSSR count). The maximum absolute atomic E-state index is 9.94. The van der Waals surface area contributed by atoms with Gasteiger partial charge >= 0.3 is 0 Å². The molecule has 0 atom stereocenters. The first kappa shape index (κ1) is 24.0. The molecule has 2 aromatic rings. The number of anilines is 3. The number of aliphatic hydroxyl groups excluding tert-OH is 1. The van der Waals surface area contributed by atoms with Gasteiger partial charge in [-0.3, -0.25) is 0 Å². The van der Waals surface area contributed by atoms with E-state index in [9.17, 15) is 5.11 Å². The van der Waals surface area contributed by atoms with Crippen LogP contribution in [0.25, 0.3) is 0 Å². The highest BCUT2D eigenvalue weighted by Crippen LogP contribution is 2.35. The third-order valence-electron chi connectivity index (χ3n) is 7.95. The molecule has 0 spiro atoms. The van der Waals surface area contributed by atoms with E-state index in [0.717, 1.165) is 47.6 Å². The molecule has 0 unspecified atom stereocenters. The molecule has 7 heteroatoms. The molecule has 3 N–H and O–H groups in total. The highest BCUT2D eigenvalue weighted by atomic mass is 79.9. The zero-order valence-electron chi connectivity index (χ0n) is 20.1. The normalized spacial score (nSPS) is 24.9. The highest BCUT2D eigenvalue weighted by molar-refractivity contribution is 9.10. The Kier molecular flexibility index (Phi) is 8.02. The van der Waals surface area contributed by atoms with Crippen molar-refractivity contribution in [3.05, 3.63) is 40.5 Å². The van der Waals surface area contributed by atoms with E-state index >= 15 is 0 Å². The van der Waals surface area contributed by atoms with Gasteiger partial charge in [0.25, 0.3) is 0 Å². The second-order valence-corrected chi connectivity index (χ2v) is 11.4. The monoisotopic (exact) mass is 527 g/mol. The fraction of sp³-hybridized carbons (Fsp3) is 0.630. The lowest BCUT2D eigenvalue weighted by atomic mass is 9.89. The summed E-state index contributed by atoms with van der Waals surface area (Å²) < 4.78 is 1.03. The van der Waals surface area contributed by atoms with Crippen molar-refractivity contribution in [2.75, 3.05) is 30.3 Å². The van der Waals surface area contributed by atoms with E-state index in [4.69, 9.17) is 9.97 Å². The van der Waals surface area contributed by atoms with E-state index in [1.54, 1.807) is 0 Å². The molecular weight excluding hydrogens is 490 g/mol. The Hall–Kier alpha value is -1.70. The lowest BCUT2D eigenvalue weighted by Gasteiger charge is -2.34. The number of benzene rings is 1. The number of aliphatic hydroxyl groups is 1. The largest absolute Gasteiger partial charge is 0.393 e. The first-order valence-corrected chi connectivity index (χ1v) is 14.0. The van der Waals surface area contributed by atoms with Crippen LogP contribution in [0.15, 0.2) is 34.9 Å². The Morgan fingerprint density at radius 3 is 2.50 bits per heavy atom. The van der Waals surface area contributed by atoms with Crippen LogP contribution in [0.4, 0.5) is 17.5 Å². The molecule has 0 radical (unpaired) electrons. The smallest absolute Gasteiger partial charge is 0.229 e. The van der Waals surface area contributed by atoms with Crippen LogP contribution in [-0.2, 0) is 0 Å². The van der Waals surface area contributed by atoms with E-state index in [1.807, 2.05) is 30.5 Å². The molecule has 3 fully saturated rings. The molecule has 34 heavy (non-hydrogen) atoms. The SMILES string of the molecule is O[C@H]1CC[C@H](Nc2nc(Nc3cccc(Br)c3)ncc2C2CCN(CC3CCCC3)CC2)CC1. The molecular formula is C27H38BrN5O. The van der Waals surface area contributed by atoms with Gasteiger partial charge in [0.1, 0.15) is 5.82 Å². The predicted octanol–water partition coefficient (Wildman–Crippen LogP) is 6.07. The van der Waals surface area contributed by atoms with Gasteiger partial charge in [0.05, 0.1) is 6.10 Å². The van der Waals surface area contributed by atoms with Gasteiger partial charge < -0.3 is 20.6 Å². The Bertz CT molecular complexity index is 934. The van der Waals surface area contributed by atoms with Gasteiger partial charge in [-0.25, -0.2) is 4.98 Å². The standard InChI is InChI=1S/C27H38BrN5O/c28-21-6-3-7-23(16-21)31-27-29-17-25(26(32-27)30-22-8-10-24(34)11-9-22)20-12-14-33(15-13-20)18-19-4-1-2-5-19/h3,6-7,16-17,19-20,22,24,34H,1-2,4-5,8-15,18H2,(H2,29,30,31,32)/t22-,24-. The van der Waals surface area contributed by atoms with Crippen molar-refractivity contribution in [2.24, 2.45) is 5.92 Å². The minimum absolute atomic E-state index is 0.152. The second kappa shape index (κ2) is 11.4. The van der Waals surface area contributed by atoms with Gasteiger partial charge in [-0.1, -0.05) is 34.8 Å². The maximum Gasteiger partial charge on any atom is 0.229 e. The van der Waals surface area contributed by atoms with Crippen LogP contribution in [0.1, 0.15) is 75.7 Å². The minimum Gasteiger partial charge on any atom is -0.393 e. The Labute approximate surface area is 212 Å². The zero-order valence-corrected chi connectivity index (χ0v) is 21.6. The molecule has 1 aliphatic heterocycles. The van der Waals surface area contributed by atoms with Gasteiger partial charge in [-0.05, 0) is 94.5 Å². The molecule has 6 nitrogen and oxygen atoms in total. The first-order chi connectivity index (χ1) is 16.6. The number of piperidine rings is 1. The molecule has 1 aromatic heterocycles. The van der Waals surface area contributed by atoms with E-state index in [0.29, 0.717) is 17.9 Å². The summed E-state index contributed by atoms with van der Waals surface area (Å²) >= 11 is 3.54. The van der Waals surface area contributed by atoms with E-state index < -0.39 is 0 Å². The van der Waals surface area contributed by atoms with E-state index in [-0.39, 0.29) is 6.10 Å². The highest BCUT2D eigenvalue weighted by Gasteiger charge is 2.28. The van der Waals surface area contributed by atoms with Gasteiger partial charge in [0.15, 0.2) is 0 Å². The first-order valence-electron chi connectivity index (χ1n) is 13.2. The third kappa shape index (κ3) is 6.29. The van der Waals surface area contributed by atoms with Crippen LogP contribution in [-0.4, -0.2) is 51.8 Å². The average molecular weight is 529 g/mol. The van der Waals surface area contributed by atoms with Crippen LogP contribution >= 0.6 is 15.9 Å². The summed E-state index contributed by atoms with van der Waals surface area (Å²) in [6.07, 6.45) is 13.6. The topological polar surface area (TPSA) is 73.3 Å². The van der Waals surface area contributed by atoms with Crippen molar-refractivity contribution in [2.45, 2.75) is 82.3 Å². The predicted molar refractivity (Wildman–Crippen MR) is 142 cm³/mol. The number of nitrogens with zero attached hydrogens (tertiary/aromatic N) is 3. The average Bonchev–Trinajstić information content (AvgIpc) is 3.35. The molecule has 1 saturated heterocycles. The van der Waals surface area contributed by atoms with Crippen molar-refractivity contribution in [1.29, 1.82) is 0 Å². The van der Waals surface area contributed by atoms with Crippen LogP contribution in [0.5, 0.6) is 0 Å². The zero-order chi connectivity index (χ0) is 23.3. The fourth-order valence-electron chi connectivity index (χ4n) is 5.96.